The first-order valence-electron chi connectivity index (χ1n) is 6.68. The van der Waals surface area contributed by atoms with Gasteiger partial charge in [0.2, 0.25) is 0 Å². The van der Waals surface area contributed by atoms with Crippen LogP contribution in [0.5, 0.6) is 0 Å². The highest BCUT2D eigenvalue weighted by Crippen LogP contribution is 2.28. The van der Waals surface area contributed by atoms with Crippen molar-refractivity contribution in [2.45, 2.75) is 44.6 Å². The Balaban J connectivity index is 1.93. The lowest BCUT2D eigenvalue weighted by Crippen LogP contribution is -2.28. The van der Waals surface area contributed by atoms with Crippen LogP contribution in [0.3, 0.4) is 0 Å². The van der Waals surface area contributed by atoms with Gasteiger partial charge in [0.05, 0.1) is 0 Å². The Bertz CT molecular complexity index is 404. The molecule has 2 aliphatic rings. The first-order chi connectivity index (χ1) is 8.34. The van der Waals surface area contributed by atoms with Gasteiger partial charge in [-0.1, -0.05) is 6.42 Å². The van der Waals surface area contributed by atoms with Gasteiger partial charge in [-0.3, -0.25) is 0 Å². The number of rotatable bonds is 1. The highest BCUT2D eigenvalue weighted by Gasteiger charge is 2.24. The molecule has 1 aliphatic heterocycles. The second-order valence-electron chi connectivity index (χ2n) is 5.18. The minimum absolute atomic E-state index is 0.311. The van der Waals surface area contributed by atoms with Crippen LogP contribution in [-0.2, 0) is 12.8 Å². The van der Waals surface area contributed by atoms with Crippen molar-refractivity contribution in [2.24, 2.45) is 5.73 Å². The van der Waals surface area contributed by atoms with Crippen molar-refractivity contribution < 1.29 is 0 Å². The molecule has 17 heavy (non-hydrogen) atoms. The van der Waals surface area contributed by atoms with E-state index in [0.717, 1.165) is 38.2 Å². The number of nitrogens with zero attached hydrogens (tertiary/aromatic N) is 3. The van der Waals surface area contributed by atoms with Crippen LogP contribution in [0.1, 0.15) is 36.9 Å². The van der Waals surface area contributed by atoms with E-state index in [1.807, 2.05) is 0 Å². The van der Waals surface area contributed by atoms with Crippen LogP contribution in [-0.4, -0.2) is 29.1 Å². The molecule has 1 atom stereocenters. The summed E-state index contributed by atoms with van der Waals surface area (Å²) in [7, 11) is 0. The summed E-state index contributed by atoms with van der Waals surface area (Å²) in [5, 5.41) is 0. The maximum atomic E-state index is 5.98. The highest BCUT2D eigenvalue weighted by molar-refractivity contribution is 5.50. The van der Waals surface area contributed by atoms with Crippen LogP contribution < -0.4 is 10.6 Å². The van der Waals surface area contributed by atoms with Gasteiger partial charge in [-0.05, 0) is 32.1 Å². The Morgan fingerprint density at radius 3 is 2.88 bits per heavy atom. The molecular weight excluding hydrogens is 212 g/mol. The van der Waals surface area contributed by atoms with Crippen molar-refractivity contribution in [2.75, 3.05) is 18.0 Å². The van der Waals surface area contributed by atoms with E-state index < -0.39 is 0 Å². The molecule has 0 bridgehead atoms. The van der Waals surface area contributed by atoms with Crippen LogP contribution in [0.4, 0.5) is 5.82 Å². The molecule has 0 aromatic carbocycles. The minimum Gasteiger partial charge on any atom is -0.355 e. The van der Waals surface area contributed by atoms with Crippen molar-refractivity contribution in [3.63, 3.8) is 0 Å². The number of nitrogens with two attached hydrogens (primary N) is 1. The maximum Gasteiger partial charge on any atom is 0.135 e. The Labute approximate surface area is 102 Å². The Morgan fingerprint density at radius 2 is 2.06 bits per heavy atom. The summed E-state index contributed by atoms with van der Waals surface area (Å²) in [6, 6.07) is 0.311. The smallest absolute Gasteiger partial charge is 0.135 e. The lowest BCUT2D eigenvalue weighted by molar-refractivity contribution is 0.708. The molecule has 1 saturated heterocycles. The predicted molar refractivity (Wildman–Crippen MR) is 68.1 cm³/mol. The predicted octanol–water partition coefficient (Wildman–Crippen LogP) is 1.28. The number of aromatic nitrogens is 2. The molecule has 4 heteroatoms. The van der Waals surface area contributed by atoms with Gasteiger partial charge in [0, 0.05) is 30.4 Å². The van der Waals surface area contributed by atoms with Crippen LogP contribution in [0.2, 0.25) is 0 Å². The number of aryl methyl sites for hydroxylation is 1. The number of fused-ring (bicyclic) bond motifs is 1. The van der Waals surface area contributed by atoms with Gasteiger partial charge >= 0.3 is 0 Å². The molecule has 1 fully saturated rings. The Hall–Kier alpha value is -1.16. The second kappa shape index (κ2) is 4.61. The monoisotopic (exact) mass is 232 g/mol. The fraction of sp³-hybridized carbons (Fsp3) is 0.692. The van der Waals surface area contributed by atoms with Gasteiger partial charge < -0.3 is 10.6 Å². The number of hydrogen-bond acceptors (Lipinski definition) is 4. The molecule has 4 nitrogen and oxygen atoms in total. The van der Waals surface area contributed by atoms with Gasteiger partial charge in [-0.15, -0.1) is 0 Å². The zero-order valence-electron chi connectivity index (χ0n) is 10.2. The summed E-state index contributed by atoms with van der Waals surface area (Å²) in [6.07, 6.45) is 8.91. The van der Waals surface area contributed by atoms with Crippen molar-refractivity contribution >= 4 is 5.82 Å². The van der Waals surface area contributed by atoms with E-state index in [-0.39, 0.29) is 0 Å². The third-order valence-electron chi connectivity index (χ3n) is 3.88. The normalized spacial score (nSPS) is 24.5. The Kier molecular flexibility index (Phi) is 2.97. The molecule has 3 rings (SSSR count). The van der Waals surface area contributed by atoms with Crippen molar-refractivity contribution in [3.8, 4) is 0 Å². The topological polar surface area (TPSA) is 55.0 Å². The Morgan fingerprint density at radius 1 is 1.18 bits per heavy atom. The van der Waals surface area contributed by atoms with Crippen LogP contribution >= 0.6 is 0 Å². The first-order valence-corrected chi connectivity index (χ1v) is 6.68. The minimum atomic E-state index is 0.311. The third kappa shape index (κ3) is 2.14. The molecule has 1 aromatic heterocycles. The second-order valence-corrected chi connectivity index (χ2v) is 5.18. The van der Waals surface area contributed by atoms with E-state index in [1.165, 1.54) is 30.5 Å². The van der Waals surface area contributed by atoms with Gasteiger partial charge in [-0.25, -0.2) is 9.97 Å². The van der Waals surface area contributed by atoms with E-state index in [9.17, 15) is 0 Å². The zero-order valence-corrected chi connectivity index (χ0v) is 10.2. The standard InChI is InChI=1S/C13H20N4/c14-10-6-7-17(8-10)13-11-4-2-1-3-5-12(11)15-9-16-13/h9-10H,1-8,14H2. The number of hydrogen-bond donors (Lipinski definition) is 1. The summed E-state index contributed by atoms with van der Waals surface area (Å²) in [5.41, 5.74) is 8.64. The van der Waals surface area contributed by atoms with Crippen LogP contribution in [0.15, 0.2) is 6.33 Å². The molecular formula is C13H20N4. The van der Waals surface area contributed by atoms with E-state index in [0.29, 0.717) is 6.04 Å². The molecule has 2 heterocycles. The van der Waals surface area contributed by atoms with E-state index in [2.05, 4.69) is 14.9 Å². The summed E-state index contributed by atoms with van der Waals surface area (Å²) in [6.45, 7) is 1.99. The van der Waals surface area contributed by atoms with E-state index in [1.54, 1.807) is 6.33 Å². The fourth-order valence-corrected chi connectivity index (χ4v) is 2.93. The quantitative estimate of drug-likeness (QED) is 0.741. The van der Waals surface area contributed by atoms with Gasteiger partial charge in [0.15, 0.2) is 0 Å². The lowest BCUT2D eigenvalue weighted by Gasteiger charge is -2.21. The maximum absolute atomic E-state index is 5.98. The number of anilines is 1. The van der Waals surface area contributed by atoms with Crippen molar-refractivity contribution in [1.82, 2.24) is 9.97 Å². The summed E-state index contributed by atoms with van der Waals surface area (Å²) in [4.78, 5) is 11.3. The molecule has 0 radical (unpaired) electrons. The molecule has 2 N–H and O–H groups in total. The molecule has 1 aromatic rings. The zero-order chi connectivity index (χ0) is 11.7. The molecule has 1 unspecified atom stereocenters. The average Bonchev–Trinajstić information content (AvgIpc) is 2.63. The average molecular weight is 232 g/mol. The fourth-order valence-electron chi connectivity index (χ4n) is 2.93. The highest BCUT2D eigenvalue weighted by atomic mass is 15.2. The summed E-state index contributed by atoms with van der Waals surface area (Å²) >= 11 is 0. The van der Waals surface area contributed by atoms with Crippen molar-refractivity contribution in [3.05, 3.63) is 17.6 Å². The van der Waals surface area contributed by atoms with E-state index in [4.69, 9.17) is 5.73 Å². The molecule has 0 amide bonds. The summed E-state index contributed by atoms with van der Waals surface area (Å²) in [5.74, 6) is 1.16. The molecule has 1 aliphatic carbocycles. The lowest BCUT2D eigenvalue weighted by atomic mass is 10.1. The van der Waals surface area contributed by atoms with Crippen LogP contribution in [0, 0.1) is 0 Å². The SMILES string of the molecule is NC1CCN(c2ncnc3c2CCCCC3)C1. The third-order valence-corrected chi connectivity index (χ3v) is 3.88. The van der Waals surface area contributed by atoms with Gasteiger partial charge in [0.25, 0.3) is 0 Å². The van der Waals surface area contributed by atoms with Crippen molar-refractivity contribution in [1.29, 1.82) is 0 Å². The van der Waals surface area contributed by atoms with E-state index >= 15 is 0 Å². The summed E-state index contributed by atoms with van der Waals surface area (Å²) < 4.78 is 0. The molecule has 92 valence electrons. The molecule has 0 spiro atoms. The van der Waals surface area contributed by atoms with Crippen LogP contribution in [0.25, 0.3) is 0 Å². The largest absolute Gasteiger partial charge is 0.355 e. The van der Waals surface area contributed by atoms with Gasteiger partial charge in [0.1, 0.15) is 12.1 Å². The first kappa shape index (κ1) is 11.0. The molecule has 0 saturated carbocycles. The van der Waals surface area contributed by atoms with Gasteiger partial charge in [-0.2, -0.15) is 0 Å².